The van der Waals surface area contributed by atoms with Crippen LogP contribution in [0.2, 0.25) is 0 Å². The molecule has 0 aromatic heterocycles. The summed E-state index contributed by atoms with van der Waals surface area (Å²) in [4.78, 5) is 0. The zero-order chi connectivity index (χ0) is 11.0. The van der Waals surface area contributed by atoms with Crippen LogP contribution in [-0.2, 0) is 12.8 Å². The Balaban J connectivity index is 2.01. The van der Waals surface area contributed by atoms with Crippen molar-refractivity contribution in [2.45, 2.75) is 18.9 Å². The highest BCUT2D eigenvalue weighted by Gasteiger charge is 2.20. The van der Waals surface area contributed by atoms with Gasteiger partial charge in [-0.2, -0.15) is 0 Å². The van der Waals surface area contributed by atoms with Crippen LogP contribution >= 0.6 is 0 Å². The second-order valence-corrected chi connectivity index (χ2v) is 4.48. The summed E-state index contributed by atoms with van der Waals surface area (Å²) in [5.74, 6) is 0. The fraction of sp³-hybridized carbons (Fsp3) is 0.267. The molecular weight excluding hydrogens is 194 g/mol. The van der Waals surface area contributed by atoms with E-state index in [9.17, 15) is 0 Å². The zero-order valence-corrected chi connectivity index (χ0v) is 9.24. The number of hydrogen-bond donors (Lipinski definition) is 1. The summed E-state index contributed by atoms with van der Waals surface area (Å²) in [6, 6.07) is 13.7. The van der Waals surface area contributed by atoms with Crippen LogP contribution in [0.15, 0.2) is 36.4 Å². The summed E-state index contributed by atoms with van der Waals surface area (Å²) in [5.41, 5.74) is 2.95. The number of fused-ring (bicyclic) bond motifs is 2. The van der Waals surface area contributed by atoms with Gasteiger partial charge in [0.15, 0.2) is 0 Å². The van der Waals surface area contributed by atoms with Crippen LogP contribution in [0.3, 0.4) is 0 Å². The molecule has 1 N–H and O–H groups in total. The van der Waals surface area contributed by atoms with Gasteiger partial charge in [-0.05, 0) is 48.2 Å². The first-order valence-corrected chi connectivity index (χ1v) is 5.81. The Kier molecular flexibility index (Phi) is 2.41. The topological polar surface area (TPSA) is 12.0 Å². The normalized spacial score (nSPS) is 15.6. The van der Waals surface area contributed by atoms with Crippen molar-refractivity contribution in [3.63, 3.8) is 0 Å². The number of benzene rings is 2. The fourth-order valence-corrected chi connectivity index (χ4v) is 2.63. The van der Waals surface area contributed by atoms with E-state index in [1.807, 2.05) is 0 Å². The van der Waals surface area contributed by atoms with Crippen molar-refractivity contribution < 1.29 is 0 Å². The van der Waals surface area contributed by atoms with E-state index in [-0.39, 0.29) is 0 Å². The molecule has 1 aliphatic rings. The lowest BCUT2D eigenvalue weighted by molar-refractivity contribution is 0.566. The van der Waals surface area contributed by atoms with Gasteiger partial charge in [0.2, 0.25) is 0 Å². The Labute approximate surface area is 96.5 Å². The number of nitrogens with one attached hydrogen (secondary N) is 1. The summed E-state index contributed by atoms with van der Waals surface area (Å²) in [6.45, 7) is 6.10. The molecule has 0 spiro atoms. The van der Waals surface area contributed by atoms with Crippen molar-refractivity contribution in [2.24, 2.45) is 0 Å². The summed E-state index contributed by atoms with van der Waals surface area (Å²) < 4.78 is 0. The maximum Gasteiger partial charge on any atom is 0.0148 e. The predicted octanol–water partition coefficient (Wildman–Crippen LogP) is 2.61. The van der Waals surface area contributed by atoms with Gasteiger partial charge in [0.25, 0.3) is 0 Å². The molecule has 0 bridgehead atoms. The molecule has 2 radical (unpaired) electrons. The van der Waals surface area contributed by atoms with Gasteiger partial charge in [-0.1, -0.05) is 36.4 Å². The summed E-state index contributed by atoms with van der Waals surface area (Å²) in [6.07, 6.45) is 2.22. The molecule has 0 saturated carbocycles. The minimum absolute atomic E-state index is 0.525. The minimum atomic E-state index is 0.525. The first kappa shape index (κ1) is 9.86. The Morgan fingerprint density at radius 2 is 1.62 bits per heavy atom. The van der Waals surface area contributed by atoms with E-state index in [0.717, 1.165) is 12.8 Å². The third kappa shape index (κ3) is 1.61. The highest BCUT2D eigenvalue weighted by molar-refractivity contribution is 5.84. The molecule has 0 heterocycles. The van der Waals surface area contributed by atoms with Crippen LogP contribution in [0.4, 0.5) is 0 Å². The van der Waals surface area contributed by atoms with Crippen LogP contribution in [0.25, 0.3) is 10.8 Å². The third-order valence-electron chi connectivity index (χ3n) is 3.41. The van der Waals surface area contributed by atoms with Crippen LogP contribution in [0, 0.1) is 6.92 Å². The quantitative estimate of drug-likeness (QED) is 0.801. The molecule has 0 saturated heterocycles. The van der Waals surface area contributed by atoms with Crippen molar-refractivity contribution in [1.82, 2.24) is 5.32 Å². The second-order valence-electron chi connectivity index (χ2n) is 4.48. The van der Waals surface area contributed by atoms with Gasteiger partial charge in [0, 0.05) is 6.04 Å². The number of rotatable bonds is 2. The van der Waals surface area contributed by atoms with Crippen LogP contribution in [0.1, 0.15) is 11.1 Å². The average molecular weight is 209 g/mol. The molecule has 0 amide bonds. The lowest BCUT2D eigenvalue weighted by Crippen LogP contribution is -2.29. The smallest absolute Gasteiger partial charge is 0.0148 e. The number of hydrogen-bond acceptors (Lipinski definition) is 1. The first-order valence-electron chi connectivity index (χ1n) is 5.81. The molecule has 1 nitrogen and oxygen atoms in total. The maximum absolute atomic E-state index is 5.53. The van der Waals surface area contributed by atoms with E-state index in [1.54, 1.807) is 0 Å². The van der Waals surface area contributed by atoms with E-state index in [4.69, 9.17) is 6.92 Å². The molecule has 0 atom stereocenters. The van der Waals surface area contributed by atoms with Gasteiger partial charge in [-0.3, -0.25) is 0 Å². The van der Waals surface area contributed by atoms with Gasteiger partial charge >= 0.3 is 0 Å². The Hall–Kier alpha value is -1.34. The van der Waals surface area contributed by atoms with E-state index < -0.39 is 0 Å². The molecule has 0 aliphatic heterocycles. The molecule has 0 unspecified atom stereocenters. The molecule has 1 heteroatoms. The largest absolute Gasteiger partial charge is 0.313 e. The van der Waals surface area contributed by atoms with Gasteiger partial charge in [0.1, 0.15) is 0 Å². The fourth-order valence-electron chi connectivity index (χ4n) is 2.63. The van der Waals surface area contributed by atoms with Crippen LogP contribution < -0.4 is 5.32 Å². The van der Waals surface area contributed by atoms with E-state index in [0.29, 0.717) is 12.6 Å². The lowest BCUT2D eigenvalue weighted by Gasteiger charge is -2.07. The summed E-state index contributed by atoms with van der Waals surface area (Å²) in [5, 5.41) is 6.01. The molecule has 2 aromatic rings. The van der Waals surface area contributed by atoms with Gasteiger partial charge < -0.3 is 5.32 Å². The van der Waals surface area contributed by atoms with Crippen molar-refractivity contribution in [3.8, 4) is 0 Å². The van der Waals surface area contributed by atoms with Crippen molar-refractivity contribution in [1.29, 1.82) is 0 Å². The van der Waals surface area contributed by atoms with Crippen LogP contribution in [-0.4, -0.2) is 12.6 Å². The Morgan fingerprint density at radius 1 is 1.06 bits per heavy atom. The molecule has 3 rings (SSSR count). The van der Waals surface area contributed by atoms with Gasteiger partial charge in [0.05, 0.1) is 0 Å². The van der Waals surface area contributed by atoms with E-state index >= 15 is 0 Å². The average Bonchev–Trinajstić information content (AvgIpc) is 2.67. The monoisotopic (exact) mass is 209 g/mol. The van der Waals surface area contributed by atoms with Gasteiger partial charge in [-0.25, -0.2) is 0 Å². The third-order valence-corrected chi connectivity index (χ3v) is 3.41. The highest BCUT2D eigenvalue weighted by Crippen LogP contribution is 2.27. The SMILES string of the molecule is [CH]CNC1Cc2cc3ccccc3cc2C1. The van der Waals surface area contributed by atoms with Crippen molar-refractivity contribution in [2.75, 3.05) is 6.54 Å². The molecule has 80 valence electrons. The molecule has 0 fully saturated rings. The molecule has 1 aliphatic carbocycles. The van der Waals surface area contributed by atoms with E-state index in [2.05, 4.69) is 41.7 Å². The molecular formula is C15H15N. The van der Waals surface area contributed by atoms with Crippen LogP contribution in [0.5, 0.6) is 0 Å². The van der Waals surface area contributed by atoms with Crippen molar-refractivity contribution >= 4 is 10.8 Å². The van der Waals surface area contributed by atoms with Gasteiger partial charge in [-0.15, -0.1) is 0 Å². The zero-order valence-electron chi connectivity index (χ0n) is 9.24. The second kappa shape index (κ2) is 3.91. The molecule has 2 aromatic carbocycles. The van der Waals surface area contributed by atoms with Crippen molar-refractivity contribution in [3.05, 3.63) is 54.4 Å². The lowest BCUT2D eigenvalue weighted by atomic mass is 10.0. The Bertz CT molecular complexity index is 471. The summed E-state index contributed by atoms with van der Waals surface area (Å²) in [7, 11) is 0. The maximum atomic E-state index is 5.53. The Morgan fingerprint density at radius 3 is 2.12 bits per heavy atom. The summed E-state index contributed by atoms with van der Waals surface area (Å²) >= 11 is 0. The predicted molar refractivity (Wildman–Crippen MR) is 67.4 cm³/mol. The van der Waals surface area contributed by atoms with E-state index in [1.165, 1.54) is 21.9 Å². The first-order chi connectivity index (χ1) is 7.86. The molecule has 16 heavy (non-hydrogen) atoms. The standard InChI is InChI=1S/C15H15N/c1-2-16-15-9-13-7-11-5-3-4-6-12(11)8-14(13)10-15/h1,3-8,15-16H,2,9-10H2. The highest BCUT2D eigenvalue weighted by atomic mass is 14.9. The minimum Gasteiger partial charge on any atom is -0.313 e.